The molecule has 0 bridgehead atoms. The Bertz CT molecular complexity index is 218. The molecule has 3 nitrogen and oxygen atoms in total. The van der Waals surface area contributed by atoms with Crippen LogP contribution in [0.4, 0.5) is 4.79 Å². The zero-order valence-corrected chi connectivity index (χ0v) is 5.15. The van der Waals surface area contributed by atoms with Crippen LogP contribution in [0.2, 0.25) is 0 Å². The molecule has 0 radical (unpaired) electrons. The number of hydrogen-bond donors (Lipinski definition) is 1. The first-order valence-corrected chi connectivity index (χ1v) is 2.75. The summed E-state index contributed by atoms with van der Waals surface area (Å²) in [5, 5.41) is 8.14. The van der Waals surface area contributed by atoms with E-state index in [0.717, 1.165) is 0 Å². The quantitative estimate of drug-likeness (QED) is 0.475. The minimum absolute atomic E-state index is 0.343. The van der Waals surface area contributed by atoms with E-state index in [1.54, 1.807) is 30.3 Å². The Morgan fingerprint density at radius 1 is 1.30 bits per heavy atom. The van der Waals surface area contributed by atoms with E-state index in [1.807, 2.05) is 0 Å². The summed E-state index contributed by atoms with van der Waals surface area (Å²) < 4.78 is 4.33. The third kappa shape index (κ3) is 1.78. The van der Waals surface area contributed by atoms with Crippen LogP contribution in [0.3, 0.4) is 0 Å². The van der Waals surface area contributed by atoms with Gasteiger partial charge in [-0.05, 0) is 12.1 Å². The van der Waals surface area contributed by atoms with E-state index >= 15 is 0 Å². The largest absolute Gasteiger partial charge is 0.511 e. The minimum Gasteiger partial charge on any atom is -0.449 e. The molecule has 0 aliphatic heterocycles. The second kappa shape index (κ2) is 2.87. The Morgan fingerprint density at radius 3 is 2.40 bits per heavy atom. The van der Waals surface area contributed by atoms with E-state index in [1.165, 1.54) is 0 Å². The predicted molar refractivity (Wildman–Crippen MR) is 35.1 cm³/mol. The average molecular weight is 138 g/mol. The molecular weight excluding hydrogens is 132 g/mol. The monoisotopic (exact) mass is 138 g/mol. The summed E-state index contributed by atoms with van der Waals surface area (Å²) in [5.74, 6) is 0.343. The van der Waals surface area contributed by atoms with Crippen LogP contribution in [-0.4, -0.2) is 11.3 Å². The van der Waals surface area contributed by atoms with E-state index < -0.39 is 6.16 Å². The maximum Gasteiger partial charge on any atom is 0.511 e. The fraction of sp³-hybridized carbons (Fsp3) is 0. The van der Waals surface area contributed by atoms with Gasteiger partial charge in [-0.25, -0.2) is 4.79 Å². The molecule has 1 N–H and O–H groups in total. The molecule has 0 atom stereocenters. The Balaban J connectivity index is 2.67. The first kappa shape index (κ1) is 6.61. The van der Waals surface area contributed by atoms with Gasteiger partial charge in [0.15, 0.2) is 0 Å². The van der Waals surface area contributed by atoms with Gasteiger partial charge in [-0.1, -0.05) is 18.2 Å². The average Bonchev–Trinajstić information content (AvgIpc) is 1.88. The molecule has 1 aromatic rings. The summed E-state index contributed by atoms with van der Waals surface area (Å²) in [4.78, 5) is 9.95. The van der Waals surface area contributed by atoms with Crippen molar-refractivity contribution in [3.63, 3.8) is 0 Å². The normalized spacial score (nSPS) is 8.80. The minimum atomic E-state index is -1.29. The maximum atomic E-state index is 9.95. The molecule has 0 aliphatic carbocycles. The van der Waals surface area contributed by atoms with E-state index in [0.29, 0.717) is 5.75 Å². The number of carboxylic acid groups (broad SMARTS) is 1. The van der Waals surface area contributed by atoms with Crippen molar-refractivity contribution in [3.05, 3.63) is 30.3 Å². The Hall–Kier alpha value is -1.51. The number of ether oxygens (including phenoxy) is 1. The van der Waals surface area contributed by atoms with Crippen molar-refractivity contribution in [1.29, 1.82) is 0 Å². The van der Waals surface area contributed by atoms with Crippen LogP contribution in [0.5, 0.6) is 5.75 Å². The van der Waals surface area contributed by atoms with Crippen LogP contribution in [0, 0.1) is 0 Å². The van der Waals surface area contributed by atoms with Crippen LogP contribution in [0.1, 0.15) is 0 Å². The zero-order valence-electron chi connectivity index (χ0n) is 5.15. The second-order valence-corrected chi connectivity index (χ2v) is 1.68. The Labute approximate surface area is 57.9 Å². The van der Waals surface area contributed by atoms with Gasteiger partial charge in [0.2, 0.25) is 0 Å². The number of para-hydroxylation sites is 1. The number of rotatable bonds is 1. The molecule has 0 heterocycles. The molecule has 0 amide bonds. The molecule has 0 aromatic heterocycles. The predicted octanol–water partition coefficient (Wildman–Crippen LogP) is 1.74. The maximum absolute atomic E-state index is 9.95. The smallest absolute Gasteiger partial charge is 0.449 e. The Morgan fingerprint density at radius 2 is 1.90 bits per heavy atom. The zero-order chi connectivity index (χ0) is 7.40. The van der Waals surface area contributed by atoms with E-state index in [-0.39, 0.29) is 0 Å². The van der Waals surface area contributed by atoms with Crippen LogP contribution in [0.25, 0.3) is 0 Å². The summed E-state index contributed by atoms with van der Waals surface area (Å²) in [6, 6.07) is 8.35. The second-order valence-electron chi connectivity index (χ2n) is 1.68. The topological polar surface area (TPSA) is 46.5 Å². The molecule has 0 saturated heterocycles. The van der Waals surface area contributed by atoms with Gasteiger partial charge < -0.3 is 9.84 Å². The fourth-order valence-electron chi connectivity index (χ4n) is 0.589. The molecule has 0 spiro atoms. The molecule has 3 heteroatoms. The van der Waals surface area contributed by atoms with Crippen molar-refractivity contribution in [2.75, 3.05) is 0 Å². The molecule has 1 aromatic carbocycles. The summed E-state index contributed by atoms with van der Waals surface area (Å²) in [6.07, 6.45) is -1.29. The van der Waals surface area contributed by atoms with Crippen molar-refractivity contribution in [2.45, 2.75) is 0 Å². The van der Waals surface area contributed by atoms with Crippen molar-refractivity contribution in [1.82, 2.24) is 0 Å². The lowest BCUT2D eigenvalue weighted by Crippen LogP contribution is -2.02. The summed E-state index contributed by atoms with van der Waals surface area (Å²) >= 11 is 0. The molecule has 0 aliphatic rings. The lowest BCUT2D eigenvalue weighted by molar-refractivity contribution is 0.144. The van der Waals surface area contributed by atoms with Crippen LogP contribution in [0.15, 0.2) is 30.3 Å². The Kier molecular flexibility index (Phi) is 1.89. The third-order valence-corrected chi connectivity index (χ3v) is 0.948. The fourth-order valence-corrected chi connectivity index (χ4v) is 0.589. The van der Waals surface area contributed by atoms with Gasteiger partial charge in [0.05, 0.1) is 0 Å². The summed E-state index contributed by atoms with van der Waals surface area (Å²) in [7, 11) is 0. The third-order valence-electron chi connectivity index (χ3n) is 0.948. The van der Waals surface area contributed by atoms with Crippen molar-refractivity contribution in [2.24, 2.45) is 0 Å². The van der Waals surface area contributed by atoms with E-state index in [4.69, 9.17) is 5.11 Å². The standard InChI is InChI=1S/C7H6O3/c8-7(9)10-6-4-2-1-3-5-6/h1-5H,(H,8,9). The van der Waals surface area contributed by atoms with Gasteiger partial charge in [0.1, 0.15) is 5.75 Å². The molecule has 52 valence electrons. The number of hydrogen-bond acceptors (Lipinski definition) is 2. The van der Waals surface area contributed by atoms with Crippen LogP contribution in [-0.2, 0) is 0 Å². The lowest BCUT2D eigenvalue weighted by Gasteiger charge is -1.95. The van der Waals surface area contributed by atoms with Gasteiger partial charge in [-0.15, -0.1) is 0 Å². The molecule has 0 saturated carbocycles. The first-order chi connectivity index (χ1) is 4.79. The molecule has 0 unspecified atom stereocenters. The number of carbonyl (C=O) groups is 1. The summed E-state index contributed by atoms with van der Waals surface area (Å²) in [5.41, 5.74) is 0. The van der Waals surface area contributed by atoms with Gasteiger partial charge in [0, 0.05) is 0 Å². The molecule has 0 fully saturated rings. The molecule has 10 heavy (non-hydrogen) atoms. The lowest BCUT2D eigenvalue weighted by atomic mass is 10.3. The van der Waals surface area contributed by atoms with Gasteiger partial charge in [-0.2, -0.15) is 0 Å². The van der Waals surface area contributed by atoms with E-state index in [9.17, 15) is 4.79 Å². The van der Waals surface area contributed by atoms with Crippen molar-refractivity contribution < 1.29 is 14.6 Å². The SMILES string of the molecule is O=C(O)Oc1ccccc1. The highest BCUT2D eigenvalue weighted by molar-refractivity contribution is 5.60. The molecule has 1 rings (SSSR count). The molecular formula is C7H6O3. The van der Waals surface area contributed by atoms with Gasteiger partial charge >= 0.3 is 6.16 Å². The van der Waals surface area contributed by atoms with Crippen LogP contribution >= 0.6 is 0 Å². The summed E-state index contributed by atoms with van der Waals surface area (Å²) in [6.45, 7) is 0. The first-order valence-electron chi connectivity index (χ1n) is 2.75. The number of benzene rings is 1. The van der Waals surface area contributed by atoms with Gasteiger partial charge in [-0.3, -0.25) is 0 Å². The highest BCUT2D eigenvalue weighted by Gasteiger charge is 1.96. The van der Waals surface area contributed by atoms with Crippen molar-refractivity contribution >= 4 is 6.16 Å². The van der Waals surface area contributed by atoms with Crippen LogP contribution < -0.4 is 4.74 Å². The highest BCUT2D eigenvalue weighted by atomic mass is 16.7. The van der Waals surface area contributed by atoms with E-state index in [2.05, 4.69) is 4.74 Å². The van der Waals surface area contributed by atoms with Gasteiger partial charge in [0.25, 0.3) is 0 Å². The van der Waals surface area contributed by atoms with Crippen molar-refractivity contribution in [3.8, 4) is 5.75 Å². The highest BCUT2D eigenvalue weighted by Crippen LogP contribution is 2.07.